The van der Waals surface area contributed by atoms with E-state index >= 15 is 0 Å². The molecule has 4 aromatic heterocycles. The number of aromatic nitrogens is 3. The van der Waals surface area contributed by atoms with Gasteiger partial charge in [-0.1, -0.05) is 0 Å². The number of hydrogen-bond acceptors (Lipinski definition) is 17. The number of nitrogens with zero attached hydrogens (tertiary/aromatic N) is 9. The van der Waals surface area contributed by atoms with Gasteiger partial charge in [-0.3, -0.25) is 48.1 Å². The van der Waals surface area contributed by atoms with Gasteiger partial charge >= 0.3 is 7.82 Å². The topological polar surface area (TPSA) is 252 Å². The van der Waals surface area contributed by atoms with Crippen LogP contribution in [0.15, 0.2) is 61.1 Å². The molecule has 6 atom stereocenters. The minimum Gasteiger partial charge on any atom is -0.480 e. The summed E-state index contributed by atoms with van der Waals surface area (Å²) < 4.78 is 21.8. The van der Waals surface area contributed by atoms with E-state index in [1.54, 1.807) is 54.8 Å². The van der Waals surface area contributed by atoms with E-state index in [0.29, 0.717) is 63.9 Å². The van der Waals surface area contributed by atoms with Crippen molar-refractivity contribution in [2.75, 3.05) is 59.9 Å². The number of hydrogen-bond donors (Lipinski definition) is 4. The number of aliphatic hydroxyl groups excluding tert-OH is 1. The van der Waals surface area contributed by atoms with Crippen molar-refractivity contribution in [2.24, 2.45) is 0 Å². The molecule has 6 aliphatic rings. The molecule has 4 N–H and O–H groups in total. The number of aryl methyl sites for hydroxylation is 1. The highest BCUT2D eigenvalue weighted by Crippen LogP contribution is 2.44. The summed E-state index contributed by atoms with van der Waals surface area (Å²) in [6.07, 6.45) is 9.20. The number of imide groups is 2. The van der Waals surface area contributed by atoms with Crippen molar-refractivity contribution >= 4 is 77.4 Å². The number of methoxy groups -OCH3 is 1. The number of carbonyl (C=O) groups is 5. The number of phosphoric acid groups is 1. The summed E-state index contributed by atoms with van der Waals surface area (Å²) in [6, 6.07) is 12.1. The van der Waals surface area contributed by atoms with Gasteiger partial charge in [0.25, 0.3) is 23.6 Å². The lowest BCUT2D eigenvalue weighted by Crippen LogP contribution is -2.58. The van der Waals surface area contributed by atoms with Crippen molar-refractivity contribution in [2.45, 2.75) is 122 Å². The number of rotatable bonds is 13. The Balaban J connectivity index is 0.718. The fourth-order valence-corrected chi connectivity index (χ4v) is 14.5. The van der Waals surface area contributed by atoms with E-state index in [2.05, 4.69) is 49.4 Å². The molecule has 21 nitrogen and oxygen atoms in total. The van der Waals surface area contributed by atoms with Gasteiger partial charge in [0, 0.05) is 91.4 Å². The molecule has 3 fully saturated rings. The summed E-state index contributed by atoms with van der Waals surface area (Å²) in [5.74, 6) is -1.67. The Kier molecular flexibility index (Phi) is 14.5. The zero-order valence-electron chi connectivity index (χ0n) is 44.1. The highest BCUT2D eigenvalue weighted by atomic mass is 32.1. The second-order valence-corrected chi connectivity index (χ2v) is 23.4. The molecule has 0 radical (unpaired) electrons. The average Bonchev–Trinajstić information content (AvgIpc) is 4.15. The lowest BCUT2D eigenvalue weighted by molar-refractivity contribution is -0.161. The first-order chi connectivity index (χ1) is 37.4. The van der Waals surface area contributed by atoms with Gasteiger partial charge in [0.05, 0.1) is 41.1 Å². The Morgan fingerprint density at radius 3 is 2.28 bits per heavy atom. The maximum Gasteiger partial charge on any atom is 0.471 e. The summed E-state index contributed by atoms with van der Waals surface area (Å²) in [6.45, 7) is 10.9. The number of carbonyl (C=O) groups excluding carboxylic acids is 5. The third-order valence-electron chi connectivity index (χ3n) is 16.3. The number of piperidine rings is 2. The minimum absolute atomic E-state index is 0.0652. The number of fused-ring (bicyclic) bond motifs is 4. The number of ether oxygens (including phenoxy) is 1. The fraction of sp³-hybridized carbons (Fsp3) is 0.455. The molecule has 3 saturated heterocycles. The zero-order chi connectivity index (χ0) is 54.9. The van der Waals surface area contributed by atoms with Crippen LogP contribution >= 0.6 is 19.2 Å². The predicted octanol–water partition coefficient (Wildman–Crippen LogP) is 6.62. The molecule has 1 aromatic carbocycles. The monoisotopic (exact) mass is 1100 g/mol. The van der Waals surface area contributed by atoms with E-state index in [1.807, 2.05) is 30.5 Å². The van der Waals surface area contributed by atoms with Crippen molar-refractivity contribution < 1.29 is 52.7 Å². The quantitative estimate of drug-likeness (QED) is 0.0714. The van der Waals surface area contributed by atoms with Crippen LogP contribution in [0.25, 0.3) is 11.1 Å². The molecule has 5 aliphatic heterocycles. The molecule has 1 aliphatic carbocycles. The molecule has 5 aromatic rings. The van der Waals surface area contributed by atoms with Crippen LogP contribution in [-0.2, 0) is 37.9 Å². The molecule has 410 valence electrons. The van der Waals surface area contributed by atoms with Gasteiger partial charge in [-0.25, -0.2) is 19.5 Å². The van der Waals surface area contributed by atoms with Crippen LogP contribution in [0.2, 0.25) is 0 Å². The average molecular weight is 1100 g/mol. The number of pyridine rings is 3. The zero-order valence-corrected chi connectivity index (χ0v) is 45.8. The second-order valence-electron chi connectivity index (χ2n) is 21.1. The number of likely N-dealkylation sites (tertiary alicyclic amines) is 1. The third-order valence-corrected chi connectivity index (χ3v) is 18.2. The summed E-state index contributed by atoms with van der Waals surface area (Å²) in [4.78, 5) is 113. The summed E-state index contributed by atoms with van der Waals surface area (Å²) in [5.41, 5.74) is 7.17. The molecule has 11 rings (SSSR count). The van der Waals surface area contributed by atoms with Gasteiger partial charge in [-0.15, -0.1) is 11.3 Å². The number of phosphoric ester groups is 1. The van der Waals surface area contributed by atoms with E-state index in [-0.39, 0.29) is 42.0 Å². The number of piperazine rings is 1. The molecule has 78 heavy (non-hydrogen) atoms. The van der Waals surface area contributed by atoms with Crippen LogP contribution in [-0.4, -0.2) is 144 Å². The molecule has 9 heterocycles. The van der Waals surface area contributed by atoms with Gasteiger partial charge in [-0.05, 0) is 138 Å². The Morgan fingerprint density at radius 1 is 0.782 bits per heavy atom. The fourth-order valence-electron chi connectivity index (χ4n) is 12.6. The number of amides is 5. The van der Waals surface area contributed by atoms with E-state index in [1.165, 1.54) is 16.0 Å². The maximum absolute atomic E-state index is 14.1. The predicted molar refractivity (Wildman–Crippen MR) is 291 cm³/mol. The summed E-state index contributed by atoms with van der Waals surface area (Å²) in [7, 11) is -3.51. The number of anilines is 5. The molecular weight excluding hydrogens is 1040 g/mol. The SMILES string of the molecule is COc1ncc(-c2ccnc(N3CCc4c(sc5c4CCCC5)C3=O)c2[C@H](C)O)cc1Nc1ccc(N2CCN(C3CCN(c4ccc5c(c4)C(=O)N([C@H]4CCC(=O)N(C(C)OP(=O)(O)O)C4=O)C5=O)[C@H](C)C3)C[C@@H]2C)cn1. The smallest absolute Gasteiger partial charge is 0.471 e. The lowest BCUT2D eigenvalue weighted by atomic mass is 9.91. The van der Waals surface area contributed by atoms with E-state index in [0.717, 1.165) is 92.7 Å². The molecule has 23 heteroatoms. The highest BCUT2D eigenvalue weighted by molar-refractivity contribution is 7.46. The summed E-state index contributed by atoms with van der Waals surface area (Å²) >= 11 is 1.62. The summed E-state index contributed by atoms with van der Waals surface area (Å²) in [5, 5.41) is 14.7. The van der Waals surface area contributed by atoms with Crippen LogP contribution < -0.4 is 24.8 Å². The van der Waals surface area contributed by atoms with E-state index < -0.39 is 49.8 Å². The van der Waals surface area contributed by atoms with Gasteiger partial charge in [0.15, 0.2) is 0 Å². The second kappa shape index (κ2) is 21.2. The molecular formula is C55H63N10O11PS. The largest absolute Gasteiger partial charge is 0.480 e. The van der Waals surface area contributed by atoms with Crippen molar-refractivity contribution in [1.82, 2.24) is 29.7 Å². The Bertz CT molecular complexity index is 3280. The van der Waals surface area contributed by atoms with Crippen LogP contribution in [0, 0.1) is 0 Å². The lowest BCUT2D eigenvalue weighted by Gasteiger charge is -2.48. The van der Waals surface area contributed by atoms with Crippen LogP contribution in [0.3, 0.4) is 0 Å². The van der Waals surface area contributed by atoms with Crippen LogP contribution in [0.5, 0.6) is 5.88 Å². The van der Waals surface area contributed by atoms with Gasteiger partial charge in [0.2, 0.25) is 11.8 Å². The molecule has 0 bridgehead atoms. The van der Waals surface area contributed by atoms with Crippen molar-refractivity contribution in [3.8, 4) is 17.0 Å². The van der Waals surface area contributed by atoms with E-state index in [9.17, 15) is 43.4 Å². The Morgan fingerprint density at radius 2 is 1.55 bits per heavy atom. The Hall–Kier alpha value is -6.65. The van der Waals surface area contributed by atoms with Gasteiger partial charge in [-0.2, -0.15) is 0 Å². The third kappa shape index (κ3) is 9.85. The van der Waals surface area contributed by atoms with E-state index in [4.69, 9.17) is 14.7 Å². The van der Waals surface area contributed by atoms with Crippen molar-refractivity contribution in [1.29, 1.82) is 0 Å². The normalized spacial score (nSPS) is 22.9. The molecule has 2 unspecified atom stereocenters. The van der Waals surface area contributed by atoms with Crippen molar-refractivity contribution in [3.05, 3.63) is 98.6 Å². The highest BCUT2D eigenvalue weighted by Gasteiger charge is 2.49. The first kappa shape index (κ1) is 53.4. The number of benzene rings is 1. The number of thiophene rings is 1. The first-order valence-electron chi connectivity index (χ1n) is 26.7. The van der Waals surface area contributed by atoms with Crippen LogP contribution in [0.1, 0.15) is 124 Å². The van der Waals surface area contributed by atoms with Gasteiger partial charge in [0.1, 0.15) is 29.6 Å². The van der Waals surface area contributed by atoms with Crippen molar-refractivity contribution in [3.63, 3.8) is 0 Å². The number of aliphatic hydroxyl groups is 1. The Labute approximate surface area is 455 Å². The standard InChI is InChI=1S/C55H63N10O11PS/c1-30-24-35(17-20-61(30)36-10-12-41-42(26-36)53(69)65(52(41)68)44-13-15-47(67)64(54(44)70)33(4)76-77(72,73)74)60-22-23-62(31(2)29-60)37-11-14-46(57-28-37)59-43-25-34(27-58-51(43)75-5)38-16-19-56-50(48(38)32(3)66)63-21-18-40-39-8-6-7-9-45(39)78-49(40)55(63)71/h10-12,14,16,19,25-28,30-33,35,44,66H,6-9,13,15,17-18,20-24,29H2,1-5H3,(H,57,59)(H2,72,73,74)/t30-,31+,32+,33?,35?,44+/m1/s1. The molecule has 5 amide bonds. The minimum atomic E-state index is -5.07. The maximum atomic E-state index is 14.1. The molecule has 0 spiro atoms. The first-order valence-corrected chi connectivity index (χ1v) is 29.0. The molecule has 0 saturated carbocycles. The number of nitrogens with one attached hydrogen (secondary N) is 1. The van der Waals surface area contributed by atoms with Gasteiger partial charge < -0.3 is 34.7 Å². The van der Waals surface area contributed by atoms with Crippen LogP contribution in [0.4, 0.5) is 28.7 Å².